The fraction of sp³-hybridized carbons (Fsp3) is 0.556. The van der Waals surface area contributed by atoms with Crippen molar-refractivity contribution >= 4 is 18.3 Å². The minimum absolute atomic E-state index is 0.0157. The Labute approximate surface area is 158 Å². The molecule has 0 bridgehead atoms. The highest BCUT2D eigenvalue weighted by atomic mass is 16.3. The molecule has 0 atom stereocenters. The molecule has 2 aliphatic rings. The average molecular weight is 378 g/mol. The predicted octanol–water partition coefficient (Wildman–Crippen LogP) is 0.258. The van der Waals surface area contributed by atoms with E-state index in [9.17, 15) is 14.7 Å². The van der Waals surface area contributed by atoms with Gasteiger partial charge in [-0.1, -0.05) is 0 Å². The van der Waals surface area contributed by atoms with Crippen molar-refractivity contribution in [2.75, 3.05) is 45.8 Å². The molecule has 0 radical (unpaired) electrons. The van der Waals surface area contributed by atoms with Crippen LogP contribution >= 0.6 is 0 Å². The van der Waals surface area contributed by atoms with Crippen LogP contribution in [0, 0.1) is 0 Å². The molecule has 0 spiro atoms. The van der Waals surface area contributed by atoms with Gasteiger partial charge in [-0.3, -0.25) is 24.3 Å². The Kier molecular flexibility index (Phi) is 8.00. The SMILES string of the molecule is O=C(CN1CCCC1)N1CCCN(C(=O)c2cncc(O)c2)CC1.O=CO. The third kappa shape index (κ3) is 6.21. The number of hydrogen-bond acceptors (Lipinski definition) is 6. The lowest BCUT2D eigenvalue weighted by molar-refractivity contribution is -0.132. The van der Waals surface area contributed by atoms with Crippen LogP contribution in [0.4, 0.5) is 0 Å². The zero-order valence-electron chi connectivity index (χ0n) is 15.3. The molecule has 148 valence electrons. The van der Waals surface area contributed by atoms with Crippen LogP contribution in [0.2, 0.25) is 0 Å². The first-order chi connectivity index (χ1) is 13.0. The minimum Gasteiger partial charge on any atom is -0.506 e. The van der Waals surface area contributed by atoms with E-state index >= 15 is 0 Å². The summed E-state index contributed by atoms with van der Waals surface area (Å²) in [5.74, 6) is -0.00412. The zero-order valence-corrected chi connectivity index (χ0v) is 15.3. The Bertz CT molecular complexity index is 648. The number of amides is 2. The second-order valence-corrected chi connectivity index (χ2v) is 6.55. The van der Waals surface area contributed by atoms with Crippen molar-refractivity contribution in [1.29, 1.82) is 0 Å². The van der Waals surface area contributed by atoms with Crippen molar-refractivity contribution in [1.82, 2.24) is 19.7 Å². The van der Waals surface area contributed by atoms with Crippen molar-refractivity contribution < 1.29 is 24.6 Å². The van der Waals surface area contributed by atoms with E-state index in [1.165, 1.54) is 31.3 Å². The highest BCUT2D eigenvalue weighted by molar-refractivity contribution is 5.94. The number of hydrogen-bond donors (Lipinski definition) is 2. The molecule has 0 saturated carbocycles. The lowest BCUT2D eigenvalue weighted by Crippen LogP contribution is -2.42. The Morgan fingerprint density at radius 1 is 1.00 bits per heavy atom. The van der Waals surface area contributed by atoms with E-state index in [1.807, 2.05) is 4.90 Å². The summed E-state index contributed by atoms with van der Waals surface area (Å²) >= 11 is 0. The first kappa shape index (κ1) is 20.6. The molecule has 3 heterocycles. The van der Waals surface area contributed by atoms with Gasteiger partial charge in [0.05, 0.1) is 18.3 Å². The maximum atomic E-state index is 12.5. The Hall–Kier alpha value is -2.68. The second-order valence-electron chi connectivity index (χ2n) is 6.55. The molecule has 0 aromatic carbocycles. The first-order valence-corrected chi connectivity index (χ1v) is 9.06. The lowest BCUT2D eigenvalue weighted by atomic mass is 10.2. The van der Waals surface area contributed by atoms with E-state index in [4.69, 9.17) is 9.90 Å². The van der Waals surface area contributed by atoms with Crippen LogP contribution in [0.25, 0.3) is 0 Å². The zero-order chi connectivity index (χ0) is 19.6. The smallest absolute Gasteiger partial charge is 0.290 e. The van der Waals surface area contributed by atoms with E-state index in [1.54, 1.807) is 4.90 Å². The summed E-state index contributed by atoms with van der Waals surface area (Å²) < 4.78 is 0. The summed E-state index contributed by atoms with van der Waals surface area (Å²) in [6, 6.07) is 1.43. The Balaban J connectivity index is 0.000000817. The lowest BCUT2D eigenvalue weighted by Gasteiger charge is -2.24. The van der Waals surface area contributed by atoms with Gasteiger partial charge in [0.15, 0.2) is 0 Å². The number of carbonyl (C=O) groups excluding carboxylic acids is 2. The molecule has 3 rings (SSSR count). The van der Waals surface area contributed by atoms with Gasteiger partial charge in [0, 0.05) is 32.4 Å². The highest BCUT2D eigenvalue weighted by Gasteiger charge is 2.24. The van der Waals surface area contributed by atoms with Crippen molar-refractivity contribution in [2.24, 2.45) is 0 Å². The molecule has 9 heteroatoms. The van der Waals surface area contributed by atoms with Gasteiger partial charge >= 0.3 is 0 Å². The monoisotopic (exact) mass is 378 g/mol. The molecule has 2 amide bonds. The maximum Gasteiger partial charge on any atom is 0.290 e. The van der Waals surface area contributed by atoms with Crippen LogP contribution in [0.5, 0.6) is 5.75 Å². The molecule has 1 aromatic rings. The number of carbonyl (C=O) groups is 3. The van der Waals surface area contributed by atoms with Crippen LogP contribution in [-0.2, 0) is 9.59 Å². The fourth-order valence-electron chi connectivity index (χ4n) is 3.33. The normalized spacial score (nSPS) is 17.6. The van der Waals surface area contributed by atoms with Gasteiger partial charge < -0.3 is 20.0 Å². The molecule has 1 aromatic heterocycles. The Morgan fingerprint density at radius 3 is 2.30 bits per heavy atom. The van der Waals surface area contributed by atoms with Crippen molar-refractivity contribution in [3.05, 3.63) is 24.0 Å². The molecule has 27 heavy (non-hydrogen) atoms. The van der Waals surface area contributed by atoms with Gasteiger partial charge in [-0.25, -0.2) is 0 Å². The van der Waals surface area contributed by atoms with Crippen molar-refractivity contribution in [3.63, 3.8) is 0 Å². The third-order valence-corrected chi connectivity index (χ3v) is 4.66. The second kappa shape index (κ2) is 10.5. The van der Waals surface area contributed by atoms with Gasteiger partial charge in [-0.05, 0) is 38.4 Å². The molecule has 0 unspecified atom stereocenters. The van der Waals surface area contributed by atoms with E-state index in [0.717, 1.165) is 19.5 Å². The van der Waals surface area contributed by atoms with Crippen molar-refractivity contribution in [2.45, 2.75) is 19.3 Å². The van der Waals surface area contributed by atoms with Gasteiger partial charge in [0.25, 0.3) is 12.4 Å². The largest absolute Gasteiger partial charge is 0.506 e. The van der Waals surface area contributed by atoms with Gasteiger partial charge in [-0.2, -0.15) is 0 Å². The van der Waals surface area contributed by atoms with E-state index in [0.29, 0.717) is 38.3 Å². The molecular weight excluding hydrogens is 352 g/mol. The molecule has 2 N–H and O–H groups in total. The summed E-state index contributed by atoms with van der Waals surface area (Å²) in [4.78, 5) is 43.0. The Morgan fingerprint density at radius 2 is 1.63 bits per heavy atom. The van der Waals surface area contributed by atoms with Gasteiger partial charge in [0.2, 0.25) is 5.91 Å². The average Bonchev–Trinajstić information content (AvgIpc) is 3.03. The summed E-state index contributed by atoms with van der Waals surface area (Å²) in [5, 5.41) is 16.4. The van der Waals surface area contributed by atoms with Crippen LogP contribution < -0.4 is 0 Å². The maximum absolute atomic E-state index is 12.5. The van der Waals surface area contributed by atoms with Crippen LogP contribution in [-0.4, -0.2) is 94.0 Å². The van der Waals surface area contributed by atoms with Crippen LogP contribution in [0.3, 0.4) is 0 Å². The first-order valence-electron chi connectivity index (χ1n) is 9.06. The third-order valence-electron chi connectivity index (χ3n) is 4.66. The van der Waals surface area contributed by atoms with Gasteiger partial charge in [0.1, 0.15) is 5.75 Å². The summed E-state index contributed by atoms with van der Waals surface area (Å²) in [5.41, 5.74) is 0.381. The summed E-state index contributed by atoms with van der Waals surface area (Å²) in [6.45, 7) is 4.63. The number of aromatic hydroxyl groups is 1. The number of nitrogens with zero attached hydrogens (tertiary/aromatic N) is 4. The minimum atomic E-state index is -0.250. The van der Waals surface area contributed by atoms with E-state index in [2.05, 4.69) is 9.88 Å². The standard InChI is InChI=1S/C17H24N4O3.CH2O2/c22-15-10-14(11-18-12-15)17(24)21-7-3-6-20(8-9-21)16(23)13-19-4-1-2-5-19;2-1-3/h10-12,22H,1-9,13H2;1H,(H,2,3). The van der Waals surface area contributed by atoms with Crippen molar-refractivity contribution in [3.8, 4) is 5.75 Å². The fourth-order valence-corrected chi connectivity index (χ4v) is 3.33. The van der Waals surface area contributed by atoms with Crippen LogP contribution in [0.15, 0.2) is 18.5 Å². The number of likely N-dealkylation sites (tertiary alicyclic amines) is 1. The highest BCUT2D eigenvalue weighted by Crippen LogP contribution is 2.14. The molecule has 9 nitrogen and oxygen atoms in total. The molecular formula is C18H26N4O5. The summed E-state index contributed by atoms with van der Waals surface area (Å²) in [7, 11) is 0. The summed E-state index contributed by atoms with van der Waals surface area (Å²) in [6.07, 6.45) is 5.88. The molecule has 0 aliphatic carbocycles. The predicted molar refractivity (Wildman–Crippen MR) is 97.4 cm³/mol. The van der Waals surface area contributed by atoms with Gasteiger partial charge in [-0.15, -0.1) is 0 Å². The number of rotatable bonds is 3. The molecule has 2 aliphatic heterocycles. The molecule has 2 saturated heterocycles. The number of carboxylic acid groups (broad SMARTS) is 1. The molecule has 2 fully saturated rings. The topological polar surface area (TPSA) is 114 Å². The number of pyridine rings is 1. The quantitative estimate of drug-likeness (QED) is 0.725. The van der Waals surface area contributed by atoms with E-state index < -0.39 is 0 Å². The number of aromatic nitrogens is 1. The van der Waals surface area contributed by atoms with Crippen LogP contribution in [0.1, 0.15) is 29.6 Å². The van der Waals surface area contributed by atoms with E-state index in [-0.39, 0.29) is 24.0 Å².